The summed E-state index contributed by atoms with van der Waals surface area (Å²) in [7, 11) is 0. The first kappa shape index (κ1) is 13.3. The number of hydrogen-bond acceptors (Lipinski definition) is 4. The number of nitro groups is 1. The summed E-state index contributed by atoms with van der Waals surface area (Å²) < 4.78 is 5.91. The Kier molecular flexibility index (Phi) is 3.08. The lowest BCUT2D eigenvalue weighted by atomic mass is 9.81. The number of anilines is 1. The van der Waals surface area contributed by atoms with E-state index >= 15 is 0 Å². The first-order chi connectivity index (χ1) is 10.7. The number of fused-ring (bicyclic) bond motifs is 3. The minimum Gasteiger partial charge on any atom is -0.378 e. The van der Waals surface area contributed by atoms with E-state index in [2.05, 4.69) is 17.4 Å². The highest BCUT2D eigenvalue weighted by Crippen LogP contribution is 2.50. The molecule has 1 saturated heterocycles. The third kappa shape index (κ3) is 2.05. The second-order valence-electron chi connectivity index (χ2n) is 5.81. The van der Waals surface area contributed by atoms with Gasteiger partial charge in [0.25, 0.3) is 5.69 Å². The number of benzene rings is 2. The van der Waals surface area contributed by atoms with Crippen molar-refractivity contribution >= 4 is 11.4 Å². The van der Waals surface area contributed by atoms with Crippen molar-refractivity contribution in [2.75, 3.05) is 11.9 Å². The molecule has 2 aliphatic rings. The molecule has 0 radical (unpaired) electrons. The molecule has 0 unspecified atom stereocenters. The van der Waals surface area contributed by atoms with Crippen LogP contribution in [0.4, 0.5) is 11.4 Å². The van der Waals surface area contributed by atoms with Crippen LogP contribution in [0.25, 0.3) is 0 Å². The van der Waals surface area contributed by atoms with Crippen LogP contribution in [0.5, 0.6) is 0 Å². The smallest absolute Gasteiger partial charge is 0.269 e. The molecule has 0 saturated carbocycles. The van der Waals surface area contributed by atoms with Crippen LogP contribution in [0.1, 0.15) is 29.7 Å². The largest absolute Gasteiger partial charge is 0.378 e. The van der Waals surface area contributed by atoms with Crippen LogP contribution in [0.2, 0.25) is 0 Å². The van der Waals surface area contributed by atoms with Gasteiger partial charge in [-0.2, -0.15) is 0 Å². The summed E-state index contributed by atoms with van der Waals surface area (Å²) in [5.74, 6) is 0.303. The van der Waals surface area contributed by atoms with E-state index in [1.165, 1.54) is 5.56 Å². The van der Waals surface area contributed by atoms with Crippen LogP contribution in [0, 0.1) is 16.0 Å². The molecule has 2 aromatic rings. The minimum atomic E-state index is -0.354. The lowest BCUT2D eigenvalue weighted by molar-refractivity contribution is -0.385. The second kappa shape index (κ2) is 5.10. The molecule has 0 aliphatic carbocycles. The molecular weight excluding hydrogens is 280 g/mol. The minimum absolute atomic E-state index is 0.0682. The van der Waals surface area contributed by atoms with Gasteiger partial charge in [0.15, 0.2) is 0 Å². The molecule has 0 bridgehead atoms. The van der Waals surface area contributed by atoms with Crippen LogP contribution in [0.15, 0.2) is 48.5 Å². The van der Waals surface area contributed by atoms with Gasteiger partial charge in [-0.15, -0.1) is 0 Å². The van der Waals surface area contributed by atoms with Gasteiger partial charge in [-0.3, -0.25) is 10.1 Å². The van der Waals surface area contributed by atoms with Crippen molar-refractivity contribution in [2.45, 2.75) is 18.6 Å². The first-order valence-electron chi connectivity index (χ1n) is 7.45. The molecular formula is C17H16N2O3. The summed E-state index contributed by atoms with van der Waals surface area (Å²) in [6.07, 6.45) is 0.890. The molecule has 2 heterocycles. The standard InChI is InChI=1S/C17H16N2O3/c20-19(21)12-6-7-15-14(10-12)17-13(8-9-22-17)16(18-15)11-4-2-1-3-5-11/h1-7,10,13,16-18H,8-9H2/t13-,16-,17-/m0/s1. The summed E-state index contributed by atoms with van der Waals surface area (Å²) >= 11 is 0. The average molecular weight is 296 g/mol. The van der Waals surface area contributed by atoms with Gasteiger partial charge in [-0.25, -0.2) is 0 Å². The van der Waals surface area contributed by atoms with E-state index in [9.17, 15) is 10.1 Å². The zero-order chi connectivity index (χ0) is 15.1. The number of nitrogens with one attached hydrogen (secondary N) is 1. The van der Waals surface area contributed by atoms with Crippen LogP contribution in [-0.2, 0) is 4.74 Å². The van der Waals surface area contributed by atoms with Gasteiger partial charge >= 0.3 is 0 Å². The quantitative estimate of drug-likeness (QED) is 0.675. The molecule has 2 aromatic carbocycles. The van der Waals surface area contributed by atoms with Crippen LogP contribution < -0.4 is 5.32 Å². The van der Waals surface area contributed by atoms with Gasteiger partial charge < -0.3 is 10.1 Å². The van der Waals surface area contributed by atoms with Gasteiger partial charge in [0.2, 0.25) is 0 Å². The number of rotatable bonds is 2. The van der Waals surface area contributed by atoms with Gasteiger partial charge in [0.1, 0.15) is 0 Å². The van der Waals surface area contributed by atoms with E-state index in [0.717, 1.165) is 17.7 Å². The highest BCUT2D eigenvalue weighted by atomic mass is 16.6. The zero-order valence-corrected chi connectivity index (χ0v) is 11.9. The molecule has 112 valence electrons. The molecule has 5 nitrogen and oxygen atoms in total. The highest BCUT2D eigenvalue weighted by Gasteiger charge is 2.41. The molecule has 1 fully saturated rings. The Morgan fingerprint density at radius 3 is 2.77 bits per heavy atom. The number of non-ortho nitro benzene ring substituents is 1. The SMILES string of the molecule is O=[N+]([O-])c1ccc2c(c1)[C@H]1OCC[C@H]1[C@H](c1ccccc1)N2. The van der Waals surface area contributed by atoms with E-state index in [1.54, 1.807) is 18.2 Å². The number of nitrogens with zero attached hydrogens (tertiary/aromatic N) is 1. The van der Waals surface area contributed by atoms with E-state index < -0.39 is 0 Å². The van der Waals surface area contributed by atoms with Crippen LogP contribution in [0.3, 0.4) is 0 Å². The number of ether oxygens (including phenoxy) is 1. The molecule has 22 heavy (non-hydrogen) atoms. The Bertz CT molecular complexity index is 717. The Morgan fingerprint density at radius 2 is 2.00 bits per heavy atom. The van der Waals surface area contributed by atoms with Crippen molar-refractivity contribution in [3.63, 3.8) is 0 Å². The molecule has 2 aliphatic heterocycles. The van der Waals surface area contributed by atoms with Crippen molar-refractivity contribution in [3.8, 4) is 0 Å². The summed E-state index contributed by atoms with van der Waals surface area (Å²) in [5.41, 5.74) is 3.19. The monoisotopic (exact) mass is 296 g/mol. The molecule has 5 heteroatoms. The number of hydrogen-bond donors (Lipinski definition) is 1. The van der Waals surface area contributed by atoms with Gasteiger partial charge in [-0.05, 0) is 18.1 Å². The maximum atomic E-state index is 11.0. The van der Waals surface area contributed by atoms with Crippen molar-refractivity contribution in [1.82, 2.24) is 0 Å². The lowest BCUT2D eigenvalue weighted by Crippen LogP contribution is -2.29. The van der Waals surface area contributed by atoms with E-state index in [4.69, 9.17) is 4.74 Å². The predicted octanol–water partition coefficient (Wildman–Crippen LogP) is 3.84. The van der Waals surface area contributed by atoms with E-state index in [-0.39, 0.29) is 22.8 Å². The fourth-order valence-corrected chi connectivity index (χ4v) is 3.56. The van der Waals surface area contributed by atoms with Gasteiger partial charge in [0, 0.05) is 35.9 Å². The lowest BCUT2D eigenvalue weighted by Gasteiger charge is -2.36. The third-order valence-corrected chi connectivity index (χ3v) is 4.59. The van der Waals surface area contributed by atoms with Crippen molar-refractivity contribution in [3.05, 3.63) is 69.8 Å². The third-order valence-electron chi connectivity index (χ3n) is 4.59. The molecule has 0 aromatic heterocycles. The molecule has 1 N–H and O–H groups in total. The Balaban J connectivity index is 1.78. The van der Waals surface area contributed by atoms with E-state index in [0.29, 0.717) is 12.5 Å². The second-order valence-corrected chi connectivity index (χ2v) is 5.81. The fourth-order valence-electron chi connectivity index (χ4n) is 3.56. The number of nitro benzene ring substituents is 1. The average Bonchev–Trinajstić information content (AvgIpc) is 3.04. The maximum Gasteiger partial charge on any atom is 0.269 e. The normalized spacial score (nSPS) is 25.9. The Labute approximate surface area is 128 Å². The summed E-state index contributed by atoms with van der Waals surface area (Å²) in [6, 6.07) is 15.5. The molecule has 0 amide bonds. The Hall–Kier alpha value is -2.40. The van der Waals surface area contributed by atoms with Crippen LogP contribution >= 0.6 is 0 Å². The fraction of sp³-hybridized carbons (Fsp3) is 0.294. The molecule has 4 rings (SSSR count). The van der Waals surface area contributed by atoms with Crippen molar-refractivity contribution in [1.29, 1.82) is 0 Å². The summed E-state index contributed by atoms with van der Waals surface area (Å²) in [5, 5.41) is 14.6. The van der Waals surface area contributed by atoms with Crippen molar-refractivity contribution < 1.29 is 9.66 Å². The van der Waals surface area contributed by atoms with E-state index in [1.807, 2.05) is 18.2 Å². The first-order valence-corrected chi connectivity index (χ1v) is 7.45. The molecule has 3 atom stereocenters. The van der Waals surface area contributed by atoms with Gasteiger partial charge in [0.05, 0.1) is 17.1 Å². The van der Waals surface area contributed by atoms with Crippen molar-refractivity contribution in [2.24, 2.45) is 5.92 Å². The summed E-state index contributed by atoms with van der Waals surface area (Å²) in [6.45, 7) is 0.697. The Morgan fingerprint density at radius 1 is 1.18 bits per heavy atom. The summed E-state index contributed by atoms with van der Waals surface area (Å²) in [4.78, 5) is 10.7. The maximum absolute atomic E-state index is 11.0. The highest BCUT2D eigenvalue weighted by molar-refractivity contribution is 5.60. The topological polar surface area (TPSA) is 64.4 Å². The molecule has 0 spiro atoms. The zero-order valence-electron chi connectivity index (χ0n) is 11.9. The van der Waals surface area contributed by atoms with Crippen LogP contribution in [-0.4, -0.2) is 11.5 Å². The predicted molar refractivity (Wildman–Crippen MR) is 82.7 cm³/mol. The van der Waals surface area contributed by atoms with Gasteiger partial charge in [-0.1, -0.05) is 30.3 Å².